The molecule has 8 heteroatoms. The molecule has 1 aliphatic heterocycles. The van der Waals surface area contributed by atoms with E-state index in [0.717, 1.165) is 17.9 Å². The average Bonchev–Trinajstić information content (AvgIpc) is 2.66. The van der Waals surface area contributed by atoms with Crippen molar-refractivity contribution in [2.24, 2.45) is 0 Å². The van der Waals surface area contributed by atoms with Gasteiger partial charge in [-0.15, -0.1) is 0 Å². The van der Waals surface area contributed by atoms with Gasteiger partial charge in [-0.1, -0.05) is 0 Å². The summed E-state index contributed by atoms with van der Waals surface area (Å²) in [7, 11) is 1.18. The molecule has 1 atom stereocenters. The maximum atomic E-state index is 11.9. The van der Waals surface area contributed by atoms with Gasteiger partial charge < -0.3 is 20.1 Å². The Morgan fingerprint density at radius 2 is 2.11 bits per heavy atom. The first kappa shape index (κ1) is 15.6. The molecule has 0 aromatic carbocycles. The fourth-order valence-electron chi connectivity index (χ4n) is 1.64. The molecule has 2 N–H and O–H groups in total. The van der Waals surface area contributed by atoms with Crippen LogP contribution in [-0.4, -0.2) is 65.7 Å². The van der Waals surface area contributed by atoms with Crippen molar-refractivity contribution in [3.05, 3.63) is 0 Å². The van der Waals surface area contributed by atoms with Crippen molar-refractivity contribution in [3.8, 4) is 0 Å². The predicted molar refractivity (Wildman–Crippen MR) is 70.1 cm³/mol. The third-order valence-electron chi connectivity index (χ3n) is 2.70. The van der Waals surface area contributed by atoms with E-state index in [4.69, 9.17) is 5.11 Å². The van der Waals surface area contributed by atoms with Gasteiger partial charge in [0.05, 0.1) is 13.5 Å². The Kier molecular flexibility index (Phi) is 6.48. The highest BCUT2D eigenvalue weighted by atomic mass is 32.2. The minimum absolute atomic E-state index is 0.375. The quantitative estimate of drug-likeness (QED) is 0.716. The molecule has 0 bridgehead atoms. The fraction of sp³-hybridized carbons (Fsp3) is 0.727. The van der Waals surface area contributed by atoms with Crippen molar-refractivity contribution in [2.75, 3.05) is 31.7 Å². The number of esters is 1. The summed E-state index contributed by atoms with van der Waals surface area (Å²) in [5.74, 6) is -0.0849. The number of carbonyl (C=O) groups excluding carboxylic acids is 2. The number of carboxylic acid groups (broad SMARTS) is 1. The molecule has 0 unspecified atom stereocenters. The number of ether oxygens (including phenoxy) is 1. The van der Waals surface area contributed by atoms with Crippen LogP contribution in [0.4, 0.5) is 4.79 Å². The van der Waals surface area contributed by atoms with Gasteiger partial charge in [-0.2, -0.15) is 11.8 Å². The van der Waals surface area contributed by atoms with Crippen molar-refractivity contribution >= 4 is 29.7 Å². The van der Waals surface area contributed by atoms with Crippen molar-refractivity contribution < 1.29 is 24.2 Å². The molecule has 0 spiro atoms. The molecule has 19 heavy (non-hydrogen) atoms. The molecule has 7 nitrogen and oxygen atoms in total. The number of hydrogen-bond donors (Lipinski definition) is 2. The number of thioether (sulfide) groups is 1. The minimum atomic E-state index is -1.25. The van der Waals surface area contributed by atoms with Crippen LogP contribution < -0.4 is 5.32 Å². The zero-order valence-corrected chi connectivity index (χ0v) is 11.6. The van der Waals surface area contributed by atoms with Gasteiger partial charge in [0.15, 0.2) is 0 Å². The Hall–Kier alpha value is -1.44. The summed E-state index contributed by atoms with van der Waals surface area (Å²) in [6.07, 6.45) is 0.507. The Balaban J connectivity index is 2.54. The molecule has 108 valence electrons. The summed E-state index contributed by atoms with van der Waals surface area (Å²) in [5.41, 5.74) is 0. The van der Waals surface area contributed by atoms with Gasteiger partial charge in [0.25, 0.3) is 0 Å². The number of urea groups is 1. The van der Waals surface area contributed by atoms with Crippen LogP contribution in [0.2, 0.25) is 0 Å². The monoisotopic (exact) mass is 290 g/mol. The molecule has 0 aliphatic carbocycles. The van der Waals surface area contributed by atoms with Gasteiger partial charge in [0, 0.05) is 18.8 Å². The largest absolute Gasteiger partial charge is 0.480 e. The second kappa shape index (κ2) is 7.88. The lowest BCUT2D eigenvalue weighted by Gasteiger charge is -2.23. The first-order valence-electron chi connectivity index (χ1n) is 5.97. The maximum Gasteiger partial charge on any atom is 0.326 e. The summed E-state index contributed by atoms with van der Waals surface area (Å²) in [4.78, 5) is 35.6. The molecule has 2 amide bonds. The van der Waals surface area contributed by atoms with Crippen LogP contribution >= 0.6 is 11.8 Å². The third kappa shape index (κ3) is 5.37. The Morgan fingerprint density at radius 1 is 1.37 bits per heavy atom. The van der Waals surface area contributed by atoms with Gasteiger partial charge in [-0.3, -0.25) is 4.79 Å². The Morgan fingerprint density at radius 3 is 2.74 bits per heavy atom. The van der Waals surface area contributed by atoms with Gasteiger partial charge in [-0.05, 0) is 12.2 Å². The molecular weight excluding hydrogens is 272 g/mol. The van der Waals surface area contributed by atoms with Crippen LogP contribution in [0.15, 0.2) is 0 Å². The smallest absolute Gasteiger partial charge is 0.326 e. The number of aliphatic carboxylic acids is 1. The van der Waals surface area contributed by atoms with E-state index in [1.165, 1.54) is 7.11 Å². The van der Waals surface area contributed by atoms with E-state index in [9.17, 15) is 14.4 Å². The molecule has 1 fully saturated rings. The first-order chi connectivity index (χ1) is 9.04. The van der Waals surface area contributed by atoms with Crippen LogP contribution in [0.25, 0.3) is 0 Å². The zero-order valence-electron chi connectivity index (χ0n) is 10.8. The van der Waals surface area contributed by atoms with E-state index in [0.29, 0.717) is 13.1 Å². The standard InChI is InChI=1S/C11H18N2O5S/c1-18-9(14)7-8(10(15)16)12-11(17)13-3-2-5-19-6-4-13/h8H,2-7H2,1H3,(H,12,17)(H,15,16)/t8-/m0/s1. The van der Waals surface area contributed by atoms with E-state index in [2.05, 4.69) is 10.1 Å². The molecule has 1 aliphatic rings. The van der Waals surface area contributed by atoms with E-state index in [1.807, 2.05) is 0 Å². The van der Waals surface area contributed by atoms with Crippen LogP contribution in [0.1, 0.15) is 12.8 Å². The van der Waals surface area contributed by atoms with Crippen LogP contribution in [0.5, 0.6) is 0 Å². The van der Waals surface area contributed by atoms with E-state index in [-0.39, 0.29) is 6.42 Å². The lowest BCUT2D eigenvalue weighted by molar-refractivity contribution is -0.147. The minimum Gasteiger partial charge on any atom is -0.480 e. The topological polar surface area (TPSA) is 95.9 Å². The van der Waals surface area contributed by atoms with E-state index >= 15 is 0 Å². The summed E-state index contributed by atoms with van der Waals surface area (Å²) < 4.78 is 4.41. The molecule has 1 rings (SSSR count). The number of rotatable bonds is 4. The maximum absolute atomic E-state index is 11.9. The Labute approximate surface area is 115 Å². The van der Waals surface area contributed by atoms with Gasteiger partial charge in [0.2, 0.25) is 0 Å². The average molecular weight is 290 g/mol. The second-order valence-corrected chi connectivity index (χ2v) is 5.30. The summed E-state index contributed by atoms with van der Waals surface area (Å²) in [6.45, 7) is 1.18. The molecular formula is C11H18N2O5S. The molecule has 1 heterocycles. The SMILES string of the molecule is COC(=O)C[C@H](NC(=O)N1CCCSCC1)C(=O)O. The fourth-order valence-corrected chi connectivity index (χ4v) is 2.53. The molecule has 0 saturated carbocycles. The normalized spacial score (nSPS) is 17.2. The number of methoxy groups -OCH3 is 1. The third-order valence-corrected chi connectivity index (χ3v) is 3.75. The summed E-state index contributed by atoms with van der Waals surface area (Å²) >= 11 is 1.76. The highest BCUT2D eigenvalue weighted by Crippen LogP contribution is 2.10. The second-order valence-electron chi connectivity index (χ2n) is 4.07. The molecule has 0 aromatic rings. The number of nitrogens with zero attached hydrogens (tertiary/aromatic N) is 1. The van der Waals surface area contributed by atoms with Crippen LogP contribution in [-0.2, 0) is 14.3 Å². The van der Waals surface area contributed by atoms with Crippen LogP contribution in [0, 0.1) is 0 Å². The van der Waals surface area contributed by atoms with E-state index < -0.39 is 24.0 Å². The first-order valence-corrected chi connectivity index (χ1v) is 7.13. The van der Waals surface area contributed by atoms with Gasteiger partial charge in [-0.25, -0.2) is 9.59 Å². The lowest BCUT2D eigenvalue weighted by Crippen LogP contribution is -2.49. The van der Waals surface area contributed by atoms with Gasteiger partial charge in [0.1, 0.15) is 6.04 Å². The molecule has 0 radical (unpaired) electrons. The van der Waals surface area contributed by atoms with Crippen molar-refractivity contribution in [1.29, 1.82) is 0 Å². The highest BCUT2D eigenvalue weighted by molar-refractivity contribution is 7.99. The number of hydrogen-bond acceptors (Lipinski definition) is 5. The van der Waals surface area contributed by atoms with Crippen molar-refractivity contribution in [3.63, 3.8) is 0 Å². The molecule has 0 aromatic heterocycles. The lowest BCUT2D eigenvalue weighted by atomic mass is 10.2. The van der Waals surface area contributed by atoms with E-state index in [1.54, 1.807) is 16.7 Å². The number of carbonyl (C=O) groups is 3. The van der Waals surface area contributed by atoms with Crippen molar-refractivity contribution in [2.45, 2.75) is 18.9 Å². The van der Waals surface area contributed by atoms with Gasteiger partial charge >= 0.3 is 18.0 Å². The zero-order chi connectivity index (χ0) is 14.3. The number of amides is 2. The number of carboxylic acids is 1. The predicted octanol–water partition coefficient (Wildman–Crippen LogP) is 0.151. The highest BCUT2D eigenvalue weighted by Gasteiger charge is 2.26. The Bertz CT molecular complexity index is 342. The van der Waals surface area contributed by atoms with Crippen LogP contribution in [0.3, 0.4) is 0 Å². The summed E-state index contributed by atoms with van der Waals surface area (Å²) in [6, 6.07) is -1.70. The summed E-state index contributed by atoms with van der Waals surface area (Å²) in [5, 5.41) is 11.3. The molecule has 1 saturated heterocycles. The number of nitrogens with one attached hydrogen (secondary N) is 1. The van der Waals surface area contributed by atoms with Crippen molar-refractivity contribution in [1.82, 2.24) is 10.2 Å².